The summed E-state index contributed by atoms with van der Waals surface area (Å²) in [5.74, 6) is 0.172. The van der Waals surface area contributed by atoms with Gasteiger partial charge in [0.15, 0.2) is 0 Å². The minimum absolute atomic E-state index is 0.124. The number of thioether (sulfide) groups is 1. The first-order valence-corrected chi connectivity index (χ1v) is 8.11. The highest BCUT2D eigenvalue weighted by molar-refractivity contribution is 8.00. The minimum Gasteiger partial charge on any atom is -0.336 e. The fourth-order valence-electron chi connectivity index (χ4n) is 2.66. The molecule has 1 fully saturated rings. The zero-order chi connectivity index (χ0) is 14.8. The first-order valence-electron chi connectivity index (χ1n) is 7.29. The topological polar surface area (TPSA) is 33.2 Å². The number of hydrogen-bond donors (Lipinski definition) is 0. The first-order chi connectivity index (χ1) is 9.38. The fourth-order valence-corrected chi connectivity index (χ4v) is 3.68. The van der Waals surface area contributed by atoms with Crippen molar-refractivity contribution in [3.05, 3.63) is 23.9 Å². The maximum Gasteiger partial charge on any atom is 0.219 e. The molecule has 1 amide bonds. The Kier molecular flexibility index (Phi) is 4.74. The van der Waals surface area contributed by atoms with E-state index in [9.17, 15) is 4.79 Å². The van der Waals surface area contributed by atoms with Crippen molar-refractivity contribution in [3.8, 4) is 0 Å². The van der Waals surface area contributed by atoms with Gasteiger partial charge in [-0.05, 0) is 25.3 Å². The Bertz CT molecular complexity index is 482. The number of likely N-dealkylation sites (tertiary alicyclic amines) is 1. The summed E-state index contributed by atoms with van der Waals surface area (Å²) >= 11 is 1.79. The number of carbonyl (C=O) groups is 1. The molecule has 4 heteroatoms. The average Bonchev–Trinajstić information content (AvgIpc) is 2.37. The molecule has 2 heterocycles. The summed E-state index contributed by atoms with van der Waals surface area (Å²) in [5, 5.41) is 1.07. The highest BCUT2D eigenvalue weighted by Gasteiger charge is 2.29. The van der Waals surface area contributed by atoms with Gasteiger partial charge >= 0.3 is 0 Å². The zero-order valence-electron chi connectivity index (χ0n) is 12.8. The van der Waals surface area contributed by atoms with Crippen molar-refractivity contribution < 1.29 is 4.79 Å². The van der Waals surface area contributed by atoms with Gasteiger partial charge in [-0.25, -0.2) is 4.98 Å². The third-order valence-electron chi connectivity index (χ3n) is 3.47. The second-order valence-corrected chi connectivity index (χ2v) is 8.15. The number of carbonyl (C=O) groups excluding carboxylic acids is 1. The van der Waals surface area contributed by atoms with E-state index in [2.05, 4.69) is 31.8 Å². The van der Waals surface area contributed by atoms with Gasteiger partial charge in [0.1, 0.15) is 5.03 Å². The Labute approximate surface area is 126 Å². The van der Waals surface area contributed by atoms with Crippen molar-refractivity contribution in [2.24, 2.45) is 0 Å². The summed E-state index contributed by atoms with van der Waals surface area (Å²) < 4.78 is 0.124. The highest BCUT2D eigenvalue weighted by atomic mass is 32.2. The van der Waals surface area contributed by atoms with Gasteiger partial charge < -0.3 is 4.90 Å². The van der Waals surface area contributed by atoms with Crippen LogP contribution in [0.15, 0.2) is 23.4 Å². The smallest absolute Gasteiger partial charge is 0.219 e. The maximum atomic E-state index is 11.9. The number of rotatable bonds is 2. The molecule has 0 aliphatic carbocycles. The van der Waals surface area contributed by atoms with Gasteiger partial charge in [0, 0.05) is 30.0 Å². The van der Waals surface area contributed by atoms with E-state index in [0.29, 0.717) is 0 Å². The van der Waals surface area contributed by atoms with Crippen LogP contribution in [0.2, 0.25) is 0 Å². The second-order valence-electron chi connectivity index (χ2n) is 6.34. The third kappa shape index (κ3) is 3.75. The predicted octanol–water partition coefficient (Wildman–Crippen LogP) is 4.05. The molecule has 1 saturated heterocycles. The molecule has 0 spiro atoms. The van der Waals surface area contributed by atoms with Crippen LogP contribution < -0.4 is 0 Å². The van der Waals surface area contributed by atoms with Crippen LogP contribution in [0, 0.1) is 0 Å². The zero-order valence-corrected chi connectivity index (χ0v) is 13.7. The lowest BCUT2D eigenvalue weighted by molar-refractivity contribution is -0.132. The molecule has 110 valence electrons. The minimum atomic E-state index is 0.124. The largest absolute Gasteiger partial charge is 0.336 e. The lowest BCUT2D eigenvalue weighted by atomic mass is 9.96. The Morgan fingerprint density at radius 3 is 2.80 bits per heavy atom. The van der Waals surface area contributed by atoms with E-state index >= 15 is 0 Å². The molecule has 0 radical (unpaired) electrons. The maximum absolute atomic E-state index is 11.9. The van der Waals surface area contributed by atoms with Crippen LogP contribution in [-0.4, -0.2) is 27.1 Å². The van der Waals surface area contributed by atoms with E-state index in [1.807, 2.05) is 17.2 Å². The van der Waals surface area contributed by atoms with Crippen LogP contribution >= 0.6 is 11.8 Å². The monoisotopic (exact) mass is 292 g/mol. The number of pyridine rings is 1. The molecule has 1 aromatic rings. The van der Waals surface area contributed by atoms with E-state index in [0.717, 1.165) is 24.4 Å². The Hall–Kier alpha value is -1.03. The van der Waals surface area contributed by atoms with Crippen molar-refractivity contribution in [3.63, 3.8) is 0 Å². The molecule has 1 aliphatic heterocycles. The number of hydrogen-bond acceptors (Lipinski definition) is 3. The normalized spacial score (nSPS) is 20.0. The average molecular weight is 292 g/mol. The number of amides is 1. The van der Waals surface area contributed by atoms with Crippen LogP contribution in [0.25, 0.3) is 0 Å². The highest BCUT2D eigenvalue weighted by Crippen LogP contribution is 2.39. The van der Waals surface area contributed by atoms with Crippen molar-refractivity contribution in [2.45, 2.75) is 62.8 Å². The van der Waals surface area contributed by atoms with E-state index < -0.39 is 0 Å². The molecule has 20 heavy (non-hydrogen) atoms. The molecule has 1 aromatic heterocycles. The molecule has 3 nitrogen and oxygen atoms in total. The van der Waals surface area contributed by atoms with Gasteiger partial charge in [-0.1, -0.05) is 26.8 Å². The molecular formula is C16H24N2OS. The lowest BCUT2D eigenvalue weighted by Crippen LogP contribution is -2.37. The molecule has 0 bridgehead atoms. The van der Waals surface area contributed by atoms with E-state index in [-0.39, 0.29) is 16.7 Å². The molecule has 1 aliphatic rings. The summed E-state index contributed by atoms with van der Waals surface area (Å²) in [7, 11) is 0. The van der Waals surface area contributed by atoms with E-state index in [1.165, 1.54) is 12.0 Å². The van der Waals surface area contributed by atoms with E-state index in [1.54, 1.807) is 18.7 Å². The van der Waals surface area contributed by atoms with Crippen molar-refractivity contribution >= 4 is 17.7 Å². The molecular weight excluding hydrogens is 268 g/mol. The predicted molar refractivity (Wildman–Crippen MR) is 83.8 cm³/mol. The molecule has 2 rings (SSSR count). The molecule has 1 atom stereocenters. The molecule has 1 unspecified atom stereocenters. The van der Waals surface area contributed by atoms with Crippen molar-refractivity contribution in [2.75, 3.05) is 6.54 Å². The quantitative estimate of drug-likeness (QED) is 0.771. The SMILES string of the molecule is CC(=O)N1CCCCC1c1cccnc1SC(C)(C)C. The fraction of sp³-hybridized carbons (Fsp3) is 0.625. The van der Waals surface area contributed by atoms with Gasteiger partial charge in [0.05, 0.1) is 6.04 Å². The van der Waals surface area contributed by atoms with Crippen LogP contribution in [0.1, 0.15) is 58.6 Å². The Morgan fingerprint density at radius 1 is 1.40 bits per heavy atom. The Balaban J connectivity index is 2.33. The molecule has 0 saturated carbocycles. The summed E-state index contributed by atoms with van der Waals surface area (Å²) in [6.07, 6.45) is 5.18. The second kappa shape index (κ2) is 6.17. The van der Waals surface area contributed by atoms with Gasteiger partial charge in [-0.15, -0.1) is 11.8 Å². The van der Waals surface area contributed by atoms with Crippen LogP contribution in [0.3, 0.4) is 0 Å². The first kappa shape index (κ1) is 15.4. The van der Waals surface area contributed by atoms with Crippen LogP contribution in [0.5, 0.6) is 0 Å². The summed E-state index contributed by atoms with van der Waals surface area (Å²) in [6, 6.07) is 4.31. The van der Waals surface area contributed by atoms with Gasteiger partial charge in [0.25, 0.3) is 0 Å². The number of nitrogens with zero attached hydrogens (tertiary/aromatic N) is 2. The summed E-state index contributed by atoms with van der Waals surface area (Å²) in [4.78, 5) is 18.4. The van der Waals surface area contributed by atoms with Gasteiger partial charge in [-0.2, -0.15) is 0 Å². The number of aromatic nitrogens is 1. The standard InChI is InChI=1S/C16H24N2OS/c1-12(19)18-11-6-5-9-14(18)13-8-7-10-17-15(13)20-16(2,3)4/h7-8,10,14H,5-6,9,11H2,1-4H3. The van der Waals surface area contributed by atoms with Crippen molar-refractivity contribution in [1.29, 1.82) is 0 Å². The summed E-state index contributed by atoms with van der Waals surface area (Å²) in [5.41, 5.74) is 1.21. The molecule has 0 aromatic carbocycles. The van der Waals surface area contributed by atoms with Crippen LogP contribution in [0.4, 0.5) is 0 Å². The van der Waals surface area contributed by atoms with Crippen LogP contribution in [-0.2, 0) is 4.79 Å². The Morgan fingerprint density at radius 2 is 2.15 bits per heavy atom. The van der Waals surface area contributed by atoms with E-state index in [4.69, 9.17) is 0 Å². The van der Waals surface area contributed by atoms with Gasteiger partial charge in [0.2, 0.25) is 5.91 Å². The third-order valence-corrected chi connectivity index (χ3v) is 4.62. The number of piperidine rings is 1. The van der Waals surface area contributed by atoms with Gasteiger partial charge in [-0.3, -0.25) is 4.79 Å². The lowest BCUT2D eigenvalue weighted by Gasteiger charge is -2.36. The van der Waals surface area contributed by atoms with Crippen molar-refractivity contribution in [1.82, 2.24) is 9.88 Å². The summed E-state index contributed by atoms with van der Waals surface area (Å²) in [6.45, 7) is 9.12. The molecule has 0 N–H and O–H groups in total.